The van der Waals surface area contributed by atoms with E-state index in [4.69, 9.17) is 35.8 Å². The first kappa shape index (κ1) is 15.3. The highest BCUT2D eigenvalue weighted by molar-refractivity contribution is 6.21. The first-order valence-corrected chi connectivity index (χ1v) is 14.7. The molecule has 0 radical (unpaired) electrons. The lowest BCUT2D eigenvalue weighted by molar-refractivity contribution is 0.668. The third-order valence-electron chi connectivity index (χ3n) is 8.05. The fourth-order valence-electron chi connectivity index (χ4n) is 5.96. The minimum Gasteiger partial charge on any atom is -0.456 e. The van der Waals surface area contributed by atoms with Crippen LogP contribution in [0, 0.1) is 0 Å². The van der Waals surface area contributed by atoms with Gasteiger partial charge in [0.25, 0.3) is 0 Å². The second-order valence-corrected chi connectivity index (χ2v) is 10.8. The van der Waals surface area contributed by atoms with Gasteiger partial charge in [0.05, 0.1) is 38.7 Å². The Morgan fingerprint density at radius 1 is 0.500 bits per heavy atom. The molecule has 0 N–H and O–H groups in total. The topological polar surface area (TPSA) is 56.7 Å². The van der Waals surface area contributed by atoms with Crippen LogP contribution in [0.4, 0.5) is 0 Å². The number of para-hydroxylation sites is 2. The van der Waals surface area contributed by atoms with Crippen molar-refractivity contribution in [3.8, 4) is 39.9 Å². The van der Waals surface area contributed by atoms with Crippen molar-refractivity contribution < 1.29 is 26.3 Å². The zero-order chi connectivity index (χ0) is 45.5. The van der Waals surface area contributed by atoms with E-state index in [9.17, 15) is 5.48 Å². The molecule has 224 valence electrons. The molecule has 0 unspecified atom stereocenters. The van der Waals surface area contributed by atoms with Crippen LogP contribution < -0.4 is 0 Å². The van der Waals surface area contributed by atoms with Gasteiger partial charge < -0.3 is 8.98 Å². The lowest BCUT2D eigenvalue weighted by Crippen LogP contribution is -2.01. The normalized spacial score (nSPS) is 16.4. The molecule has 0 saturated heterocycles. The molecule has 5 nitrogen and oxygen atoms in total. The van der Waals surface area contributed by atoms with Gasteiger partial charge >= 0.3 is 0 Å². The highest BCUT2D eigenvalue weighted by Crippen LogP contribution is 2.42. The highest BCUT2D eigenvalue weighted by Gasteiger charge is 2.22. The summed E-state index contributed by atoms with van der Waals surface area (Å²) in [6, 6.07) is 6.79. The Balaban J connectivity index is 1.50. The minimum absolute atomic E-state index is 0.127. The predicted octanol–water partition coefficient (Wildman–Crippen LogP) is 11.0. The molecule has 0 amide bonds. The number of aromatic nitrogens is 4. The van der Waals surface area contributed by atoms with E-state index in [-0.39, 0.29) is 55.6 Å². The largest absolute Gasteiger partial charge is 0.456 e. The Hall–Kier alpha value is -6.59. The van der Waals surface area contributed by atoms with Crippen LogP contribution in [0.2, 0.25) is 0 Å². The van der Waals surface area contributed by atoms with Crippen molar-refractivity contribution in [2.24, 2.45) is 0 Å². The number of fused-ring (bicyclic) bond motifs is 8. The molecule has 7 aromatic carbocycles. The number of benzene rings is 7. The first-order chi connectivity index (χ1) is 30.5. The van der Waals surface area contributed by atoms with Crippen molar-refractivity contribution in [1.29, 1.82) is 0 Å². The van der Waals surface area contributed by atoms with E-state index in [0.717, 1.165) is 4.57 Å². The van der Waals surface area contributed by atoms with E-state index < -0.39 is 124 Å². The Kier molecular flexibility index (Phi) is 3.35. The Morgan fingerprint density at radius 2 is 1.12 bits per heavy atom. The molecule has 3 aromatic heterocycles. The SMILES string of the molecule is [2H]c1c([2H])c([2H])c2c(oc3c([2H])c(-n4c5c([2H])c([2H])c([2H])c([2H])c5c5c6c([2H])c([2H])c([2H])c([2H])c6c([2H])c([2H])c54)c([2H])c(-c4nc(-c5ccccc5)nc(-c5ccccc5)n4)c32)c1[2H]. The summed E-state index contributed by atoms with van der Waals surface area (Å²) in [7, 11) is 0. The van der Waals surface area contributed by atoms with Gasteiger partial charge in [-0.1, -0.05) is 127 Å². The number of furan rings is 1. The molecule has 48 heavy (non-hydrogen) atoms. The summed E-state index contributed by atoms with van der Waals surface area (Å²) >= 11 is 0. The Bertz CT molecular complexity index is 3690. The summed E-state index contributed by atoms with van der Waals surface area (Å²) in [5, 5.41) is -1.71. The van der Waals surface area contributed by atoms with Crippen LogP contribution in [-0.2, 0) is 0 Å². The molecule has 0 spiro atoms. The summed E-state index contributed by atoms with van der Waals surface area (Å²) in [6.07, 6.45) is 0. The molecule has 0 bridgehead atoms. The molecular weight excluding hydrogens is 589 g/mol. The molecule has 0 saturated carbocycles. The first-order valence-electron chi connectivity index (χ1n) is 22.7. The predicted molar refractivity (Wildman–Crippen MR) is 195 cm³/mol. The van der Waals surface area contributed by atoms with Crippen molar-refractivity contribution in [1.82, 2.24) is 19.5 Å². The molecule has 3 heterocycles. The minimum atomic E-state index is -0.755. The fraction of sp³-hybridized carbons (Fsp3) is 0. The van der Waals surface area contributed by atoms with Crippen molar-refractivity contribution in [2.45, 2.75) is 0 Å². The maximum absolute atomic E-state index is 10.2. The molecular formula is C43H26N4O. The summed E-state index contributed by atoms with van der Waals surface area (Å²) in [5.74, 6) is 0.0257. The van der Waals surface area contributed by atoms with Crippen molar-refractivity contribution in [2.75, 3.05) is 0 Å². The quantitative estimate of drug-likeness (QED) is 0.194. The van der Waals surface area contributed by atoms with Gasteiger partial charge in [0.2, 0.25) is 0 Å². The Morgan fingerprint density at radius 3 is 1.88 bits per heavy atom. The van der Waals surface area contributed by atoms with Crippen LogP contribution in [0.3, 0.4) is 0 Å². The maximum atomic E-state index is 10.2. The third-order valence-corrected chi connectivity index (χ3v) is 8.05. The molecule has 5 heteroatoms. The molecule has 10 rings (SSSR count). The standard InChI is InChI=1S/C43H26N4O/c1-3-14-28(15-4-1)41-44-42(29-16-5-2-6-17-29)46-43(45-41)34-25-30(26-38-40(34)33-20-10-12-22-37(33)48-38)47-35-21-11-9-19-32(35)39-31-18-8-7-13-27(31)23-24-36(39)47/h1-26H/i7D,8D,9D,10D,11D,12D,13D,18D,19D,20D,21D,22D,23D,24D,25D,26D. The van der Waals surface area contributed by atoms with E-state index in [0.29, 0.717) is 11.1 Å². The number of nitrogens with zero attached hydrogens (tertiary/aromatic N) is 4. The molecule has 0 fully saturated rings. The summed E-state index contributed by atoms with van der Waals surface area (Å²) < 4.78 is 151. The van der Waals surface area contributed by atoms with E-state index >= 15 is 0 Å². The van der Waals surface area contributed by atoms with Gasteiger partial charge in [-0.25, -0.2) is 15.0 Å². The fourth-order valence-corrected chi connectivity index (χ4v) is 5.96. The smallest absolute Gasteiger partial charge is 0.164 e. The third kappa shape index (κ3) is 4.08. The molecule has 0 aliphatic rings. The highest BCUT2D eigenvalue weighted by atomic mass is 16.3. The maximum Gasteiger partial charge on any atom is 0.164 e. The lowest BCUT2D eigenvalue weighted by atomic mass is 10.0. The van der Waals surface area contributed by atoms with Crippen molar-refractivity contribution >= 4 is 54.5 Å². The van der Waals surface area contributed by atoms with E-state index in [1.165, 1.54) is 0 Å². The van der Waals surface area contributed by atoms with Gasteiger partial charge in [-0.05, 0) is 34.9 Å². The number of rotatable bonds is 4. The molecule has 0 aliphatic heterocycles. The second-order valence-electron chi connectivity index (χ2n) is 10.8. The van der Waals surface area contributed by atoms with Crippen molar-refractivity contribution in [3.63, 3.8) is 0 Å². The van der Waals surface area contributed by atoms with Gasteiger partial charge in [-0.15, -0.1) is 0 Å². The number of hydrogen-bond acceptors (Lipinski definition) is 4. The van der Waals surface area contributed by atoms with Gasteiger partial charge in [0.15, 0.2) is 17.5 Å². The van der Waals surface area contributed by atoms with Crippen LogP contribution in [0.5, 0.6) is 0 Å². The van der Waals surface area contributed by atoms with Crippen LogP contribution in [0.1, 0.15) is 21.9 Å². The lowest BCUT2D eigenvalue weighted by Gasteiger charge is -2.13. The molecule has 0 aliphatic carbocycles. The van der Waals surface area contributed by atoms with Gasteiger partial charge in [-0.2, -0.15) is 0 Å². The second kappa shape index (κ2) is 10.5. The summed E-state index contributed by atoms with van der Waals surface area (Å²) in [4.78, 5) is 14.4. The summed E-state index contributed by atoms with van der Waals surface area (Å²) in [5.41, 5.74) is -1.32. The summed E-state index contributed by atoms with van der Waals surface area (Å²) in [6.45, 7) is 0. The number of hydrogen-bond donors (Lipinski definition) is 0. The van der Waals surface area contributed by atoms with Crippen LogP contribution >= 0.6 is 0 Å². The molecule has 0 atom stereocenters. The van der Waals surface area contributed by atoms with Crippen LogP contribution in [0.15, 0.2) is 162 Å². The zero-order valence-corrected chi connectivity index (χ0v) is 24.5. The average molecular weight is 631 g/mol. The van der Waals surface area contributed by atoms with Crippen LogP contribution in [0.25, 0.3) is 94.4 Å². The van der Waals surface area contributed by atoms with E-state index in [2.05, 4.69) is 0 Å². The van der Waals surface area contributed by atoms with Crippen LogP contribution in [-0.4, -0.2) is 19.5 Å². The molecule has 10 aromatic rings. The zero-order valence-electron chi connectivity index (χ0n) is 40.5. The van der Waals surface area contributed by atoms with Gasteiger partial charge in [-0.3, -0.25) is 0 Å². The average Bonchev–Trinajstić information content (AvgIpc) is 3.87. The van der Waals surface area contributed by atoms with Gasteiger partial charge in [0, 0.05) is 44.3 Å². The Labute approximate surface area is 297 Å². The van der Waals surface area contributed by atoms with E-state index in [1.54, 1.807) is 60.7 Å². The van der Waals surface area contributed by atoms with Crippen molar-refractivity contribution in [3.05, 3.63) is 157 Å². The van der Waals surface area contributed by atoms with Gasteiger partial charge in [0.1, 0.15) is 11.2 Å². The van der Waals surface area contributed by atoms with E-state index in [1.807, 2.05) is 0 Å². The monoisotopic (exact) mass is 630 g/mol.